The van der Waals surface area contributed by atoms with Crippen LogP contribution in [-0.4, -0.2) is 28.9 Å². The quantitative estimate of drug-likeness (QED) is 0.549. The van der Waals surface area contributed by atoms with Gasteiger partial charge in [-0.25, -0.2) is 13.8 Å². The van der Waals surface area contributed by atoms with Gasteiger partial charge in [-0.05, 0) is 50.2 Å². The predicted octanol–water partition coefficient (Wildman–Crippen LogP) is 5.15. The van der Waals surface area contributed by atoms with Crippen molar-refractivity contribution in [2.45, 2.75) is 20.5 Å². The fraction of sp³-hybridized carbons (Fsp3) is 0.238. The minimum atomic E-state index is -0.634. The minimum absolute atomic E-state index is 0.0839. The Kier molecular flexibility index (Phi) is 6.36. The lowest BCUT2D eigenvalue weighted by atomic mass is 10.2. The first-order chi connectivity index (χ1) is 13.5. The number of amides is 1. The standard InChI is InChI=1S/C21H20F2N2O2S/c1-3-25(4-2)21(26)19-13-28-20(24-19)14-8-10-15(11-9-14)27-12-16-17(22)6-5-7-18(16)23/h5-11,13H,3-4,12H2,1-2H3. The number of carbonyl (C=O) groups excluding carboxylic acids is 1. The van der Waals surface area contributed by atoms with Crippen LogP contribution < -0.4 is 4.74 Å². The number of hydrogen-bond donors (Lipinski definition) is 0. The first-order valence-corrected chi connectivity index (χ1v) is 9.82. The average Bonchev–Trinajstić information content (AvgIpc) is 3.19. The molecule has 2 aromatic carbocycles. The topological polar surface area (TPSA) is 42.4 Å². The number of benzene rings is 2. The number of hydrogen-bond acceptors (Lipinski definition) is 4. The maximum Gasteiger partial charge on any atom is 0.273 e. The van der Waals surface area contributed by atoms with Gasteiger partial charge >= 0.3 is 0 Å². The van der Waals surface area contributed by atoms with E-state index in [0.717, 1.165) is 10.6 Å². The molecule has 0 aliphatic heterocycles. The Balaban J connectivity index is 1.69. The molecular formula is C21H20F2N2O2S. The van der Waals surface area contributed by atoms with E-state index in [2.05, 4.69) is 4.98 Å². The Hall–Kier alpha value is -2.80. The van der Waals surface area contributed by atoms with E-state index >= 15 is 0 Å². The van der Waals surface area contributed by atoms with Crippen LogP contribution in [0.1, 0.15) is 29.9 Å². The normalized spacial score (nSPS) is 10.7. The van der Waals surface area contributed by atoms with Gasteiger partial charge in [0.25, 0.3) is 5.91 Å². The molecule has 0 saturated carbocycles. The highest BCUT2D eigenvalue weighted by Crippen LogP contribution is 2.27. The number of halogens is 2. The SMILES string of the molecule is CCN(CC)C(=O)c1csc(-c2ccc(OCc3c(F)cccc3F)cc2)n1. The maximum atomic E-state index is 13.7. The van der Waals surface area contributed by atoms with Crippen LogP contribution in [0.5, 0.6) is 5.75 Å². The van der Waals surface area contributed by atoms with Crippen molar-refractivity contribution < 1.29 is 18.3 Å². The summed E-state index contributed by atoms with van der Waals surface area (Å²) in [5.41, 5.74) is 1.16. The van der Waals surface area contributed by atoms with Crippen LogP contribution in [-0.2, 0) is 6.61 Å². The molecule has 146 valence electrons. The first kappa shape index (κ1) is 19.9. The molecule has 4 nitrogen and oxygen atoms in total. The molecule has 0 N–H and O–H groups in total. The molecule has 0 fully saturated rings. The average molecular weight is 402 g/mol. The molecule has 0 spiro atoms. The molecule has 3 aromatic rings. The van der Waals surface area contributed by atoms with E-state index in [1.54, 1.807) is 34.5 Å². The van der Waals surface area contributed by atoms with Gasteiger partial charge in [-0.1, -0.05) is 6.07 Å². The van der Waals surface area contributed by atoms with Crippen molar-refractivity contribution in [2.24, 2.45) is 0 Å². The van der Waals surface area contributed by atoms with Gasteiger partial charge in [-0.2, -0.15) is 0 Å². The van der Waals surface area contributed by atoms with Crippen LogP contribution in [0.2, 0.25) is 0 Å². The third-order valence-corrected chi connectivity index (χ3v) is 5.21. The lowest BCUT2D eigenvalue weighted by molar-refractivity contribution is 0.0768. The number of nitrogens with zero attached hydrogens (tertiary/aromatic N) is 2. The zero-order valence-corrected chi connectivity index (χ0v) is 16.4. The van der Waals surface area contributed by atoms with E-state index < -0.39 is 11.6 Å². The summed E-state index contributed by atoms with van der Waals surface area (Å²) in [7, 11) is 0. The molecule has 0 unspecified atom stereocenters. The Labute approximate surface area is 166 Å². The third-order valence-electron chi connectivity index (χ3n) is 4.32. The van der Waals surface area contributed by atoms with Crippen molar-refractivity contribution in [3.8, 4) is 16.3 Å². The molecule has 28 heavy (non-hydrogen) atoms. The van der Waals surface area contributed by atoms with Gasteiger partial charge in [0.15, 0.2) is 0 Å². The lowest BCUT2D eigenvalue weighted by Crippen LogP contribution is -2.30. The van der Waals surface area contributed by atoms with Gasteiger partial charge in [-0.3, -0.25) is 4.79 Å². The summed E-state index contributed by atoms with van der Waals surface area (Å²) in [5, 5.41) is 2.48. The van der Waals surface area contributed by atoms with Crippen LogP contribution >= 0.6 is 11.3 Å². The predicted molar refractivity (Wildman–Crippen MR) is 105 cm³/mol. The summed E-state index contributed by atoms with van der Waals surface area (Å²) in [6.07, 6.45) is 0. The Morgan fingerprint density at radius 1 is 1.07 bits per heavy atom. The molecule has 1 aromatic heterocycles. The maximum absolute atomic E-state index is 13.7. The Morgan fingerprint density at radius 2 is 1.71 bits per heavy atom. The molecule has 1 heterocycles. The van der Waals surface area contributed by atoms with E-state index in [-0.39, 0.29) is 18.1 Å². The van der Waals surface area contributed by atoms with Crippen LogP contribution in [0.25, 0.3) is 10.6 Å². The number of aromatic nitrogens is 1. The highest BCUT2D eigenvalue weighted by atomic mass is 32.1. The van der Waals surface area contributed by atoms with Gasteiger partial charge < -0.3 is 9.64 Å². The number of ether oxygens (including phenoxy) is 1. The third kappa shape index (κ3) is 4.36. The monoisotopic (exact) mass is 402 g/mol. The Morgan fingerprint density at radius 3 is 2.32 bits per heavy atom. The number of thiazole rings is 1. The summed E-state index contributed by atoms with van der Waals surface area (Å²) in [5.74, 6) is -0.864. The lowest BCUT2D eigenvalue weighted by Gasteiger charge is -2.16. The number of rotatable bonds is 7. The van der Waals surface area contributed by atoms with Gasteiger partial charge in [-0.15, -0.1) is 11.3 Å². The first-order valence-electron chi connectivity index (χ1n) is 8.94. The van der Waals surface area contributed by atoms with Gasteiger partial charge in [0.05, 0.1) is 5.56 Å². The number of carbonyl (C=O) groups is 1. The molecule has 0 radical (unpaired) electrons. The molecule has 7 heteroatoms. The van der Waals surface area contributed by atoms with Crippen molar-refractivity contribution in [3.63, 3.8) is 0 Å². The van der Waals surface area contributed by atoms with Crippen molar-refractivity contribution >= 4 is 17.2 Å². The van der Waals surface area contributed by atoms with Crippen LogP contribution in [0.15, 0.2) is 47.8 Å². The van der Waals surface area contributed by atoms with Gasteiger partial charge in [0, 0.05) is 24.0 Å². The van der Waals surface area contributed by atoms with Crippen molar-refractivity contribution in [2.75, 3.05) is 13.1 Å². The van der Waals surface area contributed by atoms with Crippen molar-refractivity contribution in [1.29, 1.82) is 0 Å². The van der Waals surface area contributed by atoms with Crippen LogP contribution in [0.4, 0.5) is 8.78 Å². The fourth-order valence-electron chi connectivity index (χ4n) is 2.70. The summed E-state index contributed by atoms with van der Waals surface area (Å²) < 4.78 is 32.8. The van der Waals surface area contributed by atoms with E-state index in [4.69, 9.17) is 4.74 Å². The highest BCUT2D eigenvalue weighted by Gasteiger charge is 2.16. The summed E-state index contributed by atoms with van der Waals surface area (Å²) >= 11 is 1.39. The van der Waals surface area contributed by atoms with E-state index in [1.165, 1.54) is 29.5 Å². The second-order valence-electron chi connectivity index (χ2n) is 6.03. The molecule has 0 aliphatic carbocycles. The van der Waals surface area contributed by atoms with E-state index in [1.807, 2.05) is 13.8 Å². The zero-order valence-electron chi connectivity index (χ0n) is 15.6. The van der Waals surface area contributed by atoms with E-state index in [0.29, 0.717) is 24.5 Å². The second kappa shape index (κ2) is 8.93. The molecule has 0 aliphatic rings. The zero-order chi connectivity index (χ0) is 20.1. The minimum Gasteiger partial charge on any atom is -0.489 e. The second-order valence-corrected chi connectivity index (χ2v) is 6.89. The molecule has 3 rings (SSSR count). The molecule has 0 bridgehead atoms. The van der Waals surface area contributed by atoms with Crippen molar-refractivity contribution in [3.05, 3.63) is 70.7 Å². The van der Waals surface area contributed by atoms with Crippen LogP contribution in [0, 0.1) is 11.6 Å². The fourth-order valence-corrected chi connectivity index (χ4v) is 3.50. The summed E-state index contributed by atoms with van der Waals surface area (Å²) in [6.45, 7) is 4.94. The van der Waals surface area contributed by atoms with Crippen molar-refractivity contribution in [1.82, 2.24) is 9.88 Å². The van der Waals surface area contributed by atoms with Gasteiger partial charge in [0.2, 0.25) is 0 Å². The molecule has 0 saturated heterocycles. The molecular weight excluding hydrogens is 382 g/mol. The summed E-state index contributed by atoms with van der Waals surface area (Å²) in [6, 6.07) is 10.7. The van der Waals surface area contributed by atoms with Gasteiger partial charge in [0.1, 0.15) is 34.7 Å². The molecule has 0 atom stereocenters. The largest absolute Gasteiger partial charge is 0.489 e. The smallest absolute Gasteiger partial charge is 0.273 e. The highest BCUT2D eigenvalue weighted by molar-refractivity contribution is 7.13. The van der Waals surface area contributed by atoms with E-state index in [9.17, 15) is 13.6 Å². The summed E-state index contributed by atoms with van der Waals surface area (Å²) in [4.78, 5) is 18.5. The molecule has 1 amide bonds. The Bertz CT molecular complexity index is 933. The van der Waals surface area contributed by atoms with Crippen LogP contribution in [0.3, 0.4) is 0 Å².